The quantitative estimate of drug-likeness (QED) is 0.266. The highest BCUT2D eigenvalue weighted by Gasteiger charge is 2.20. The molecule has 7 nitrogen and oxygen atoms in total. The molecule has 0 saturated heterocycles. The van der Waals surface area contributed by atoms with E-state index in [1.165, 1.54) is 17.3 Å². The first kappa shape index (κ1) is 23.7. The molecular formula is C28H27N5O2S. The summed E-state index contributed by atoms with van der Waals surface area (Å²) in [5.41, 5.74) is 6.94. The Morgan fingerprint density at radius 3 is 2.58 bits per heavy atom. The van der Waals surface area contributed by atoms with Crippen molar-refractivity contribution in [1.29, 1.82) is 0 Å². The topological polar surface area (TPSA) is 84.8 Å². The van der Waals surface area contributed by atoms with Crippen molar-refractivity contribution < 1.29 is 9.53 Å². The number of carbonyl (C=O) groups is 1. The summed E-state index contributed by atoms with van der Waals surface area (Å²) >= 11 is 1.35. The van der Waals surface area contributed by atoms with Crippen LogP contribution < -0.4 is 10.1 Å². The first-order valence-corrected chi connectivity index (χ1v) is 12.6. The van der Waals surface area contributed by atoms with E-state index in [-0.39, 0.29) is 11.7 Å². The van der Waals surface area contributed by atoms with E-state index >= 15 is 0 Å². The molecule has 5 aromatic rings. The highest BCUT2D eigenvalue weighted by molar-refractivity contribution is 7.99. The van der Waals surface area contributed by atoms with E-state index in [1.807, 2.05) is 67.1 Å². The normalized spacial score (nSPS) is 11.1. The number of carbonyl (C=O) groups excluding carboxylic acids is 1. The number of benzene rings is 3. The standard InChI is InChI=1S/C28H27N5O2S/c1-17-12-18(2)26(19(3)13-17)30-25(34)16-36-28-32-31-27(23-15-29-24-11-6-5-10-22(23)24)33(28)20-8-7-9-21(14-20)35-4/h5-15,29H,16H2,1-4H3,(H,30,34). The number of thioether (sulfide) groups is 1. The summed E-state index contributed by atoms with van der Waals surface area (Å²) in [5, 5.41) is 13.8. The molecule has 0 atom stereocenters. The maximum atomic E-state index is 12.9. The highest BCUT2D eigenvalue weighted by atomic mass is 32.2. The summed E-state index contributed by atoms with van der Waals surface area (Å²) in [7, 11) is 1.64. The maximum Gasteiger partial charge on any atom is 0.234 e. The van der Waals surface area contributed by atoms with Gasteiger partial charge in [0.15, 0.2) is 11.0 Å². The third-order valence-electron chi connectivity index (χ3n) is 6.05. The van der Waals surface area contributed by atoms with Crippen LogP contribution in [0.2, 0.25) is 0 Å². The van der Waals surface area contributed by atoms with E-state index in [0.717, 1.165) is 44.7 Å². The van der Waals surface area contributed by atoms with Crippen LogP contribution in [0.15, 0.2) is 72.0 Å². The van der Waals surface area contributed by atoms with Gasteiger partial charge < -0.3 is 15.0 Å². The van der Waals surface area contributed by atoms with Gasteiger partial charge in [0.25, 0.3) is 0 Å². The van der Waals surface area contributed by atoms with Crippen LogP contribution in [0.1, 0.15) is 16.7 Å². The molecule has 2 N–H and O–H groups in total. The molecule has 0 aliphatic rings. The summed E-state index contributed by atoms with van der Waals surface area (Å²) in [6.07, 6.45) is 1.94. The Labute approximate surface area is 213 Å². The molecule has 0 aliphatic carbocycles. The minimum absolute atomic E-state index is 0.0936. The summed E-state index contributed by atoms with van der Waals surface area (Å²) in [6, 6.07) is 20.0. The lowest BCUT2D eigenvalue weighted by Crippen LogP contribution is -2.16. The zero-order chi connectivity index (χ0) is 25.2. The number of aryl methyl sites for hydroxylation is 3. The van der Waals surface area contributed by atoms with Crippen molar-refractivity contribution in [2.45, 2.75) is 25.9 Å². The molecule has 1 amide bonds. The Hall–Kier alpha value is -4.04. The van der Waals surface area contributed by atoms with Crippen molar-refractivity contribution in [3.05, 3.63) is 83.6 Å². The van der Waals surface area contributed by atoms with E-state index in [9.17, 15) is 4.79 Å². The van der Waals surface area contributed by atoms with Gasteiger partial charge in [-0.2, -0.15) is 0 Å². The van der Waals surface area contributed by atoms with E-state index in [2.05, 4.69) is 45.6 Å². The number of para-hydroxylation sites is 1. The van der Waals surface area contributed by atoms with Gasteiger partial charge in [0, 0.05) is 34.4 Å². The molecule has 3 aromatic carbocycles. The van der Waals surface area contributed by atoms with Crippen LogP contribution in [0, 0.1) is 20.8 Å². The number of nitrogens with zero attached hydrogens (tertiary/aromatic N) is 3. The molecule has 8 heteroatoms. The molecule has 0 radical (unpaired) electrons. The second kappa shape index (κ2) is 9.91. The number of anilines is 1. The van der Waals surface area contributed by atoms with Crippen molar-refractivity contribution in [3.63, 3.8) is 0 Å². The minimum atomic E-state index is -0.0936. The number of hydrogen-bond acceptors (Lipinski definition) is 5. The van der Waals surface area contributed by atoms with E-state index in [4.69, 9.17) is 4.74 Å². The van der Waals surface area contributed by atoms with Crippen LogP contribution in [-0.2, 0) is 4.79 Å². The van der Waals surface area contributed by atoms with Crippen LogP contribution in [0.3, 0.4) is 0 Å². The fourth-order valence-electron chi connectivity index (χ4n) is 4.46. The van der Waals surface area contributed by atoms with Crippen LogP contribution in [0.5, 0.6) is 5.75 Å². The number of methoxy groups -OCH3 is 1. The number of nitrogens with one attached hydrogen (secondary N) is 2. The molecule has 0 fully saturated rings. The van der Waals surface area contributed by atoms with Crippen molar-refractivity contribution in [2.75, 3.05) is 18.2 Å². The lowest BCUT2D eigenvalue weighted by Gasteiger charge is -2.13. The molecule has 182 valence electrons. The molecule has 0 unspecified atom stereocenters. The number of fused-ring (bicyclic) bond motifs is 1. The number of ether oxygens (including phenoxy) is 1. The summed E-state index contributed by atoms with van der Waals surface area (Å²) in [4.78, 5) is 16.2. The summed E-state index contributed by atoms with van der Waals surface area (Å²) in [5.74, 6) is 1.52. The zero-order valence-electron chi connectivity index (χ0n) is 20.6. The first-order valence-electron chi connectivity index (χ1n) is 11.6. The molecule has 5 rings (SSSR count). The lowest BCUT2D eigenvalue weighted by atomic mass is 10.1. The van der Waals surface area contributed by atoms with Crippen LogP contribution in [-0.4, -0.2) is 38.5 Å². The second-order valence-electron chi connectivity index (χ2n) is 8.70. The van der Waals surface area contributed by atoms with Gasteiger partial charge in [-0.15, -0.1) is 10.2 Å². The number of amides is 1. The maximum absolute atomic E-state index is 12.9. The molecule has 0 bridgehead atoms. The number of H-pyrrole nitrogens is 1. The molecule has 2 aromatic heterocycles. The van der Waals surface area contributed by atoms with Crippen molar-refractivity contribution in [1.82, 2.24) is 19.7 Å². The summed E-state index contributed by atoms with van der Waals surface area (Å²) < 4.78 is 7.43. The molecule has 36 heavy (non-hydrogen) atoms. The van der Waals surface area contributed by atoms with Crippen molar-refractivity contribution >= 4 is 34.3 Å². The third kappa shape index (κ3) is 4.59. The van der Waals surface area contributed by atoms with Crippen LogP contribution >= 0.6 is 11.8 Å². The fourth-order valence-corrected chi connectivity index (χ4v) is 5.21. The Morgan fingerprint density at radius 1 is 1.03 bits per heavy atom. The Bertz CT molecular complexity index is 1550. The average molecular weight is 498 g/mol. The van der Waals surface area contributed by atoms with Crippen molar-refractivity contribution in [3.8, 4) is 22.8 Å². The largest absolute Gasteiger partial charge is 0.497 e. The molecule has 0 saturated carbocycles. The first-order chi connectivity index (χ1) is 17.4. The van der Waals surface area contributed by atoms with Gasteiger partial charge in [-0.25, -0.2) is 0 Å². The van der Waals surface area contributed by atoms with Gasteiger partial charge >= 0.3 is 0 Å². The number of aromatic amines is 1. The molecule has 0 spiro atoms. The van der Waals surface area contributed by atoms with Crippen LogP contribution in [0.4, 0.5) is 5.69 Å². The monoisotopic (exact) mass is 497 g/mol. The average Bonchev–Trinajstić information content (AvgIpc) is 3.49. The third-order valence-corrected chi connectivity index (χ3v) is 6.98. The Kier molecular flexibility index (Phi) is 6.52. The van der Waals surface area contributed by atoms with Crippen LogP contribution in [0.25, 0.3) is 28.0 Å². The Balaban J connectivity index is 1.48. The van der Waals surface area contributed by atoms with Gasteiger partial charge in [0.2, 0.25) is 5.91 Å². The highest BCUT2D eigenvalue weighted by Crippen LogP contribution is 2.33. The van der Waals surface area contributed by atoms with E-state index in [0.29, 0.717) is 11.0 Å². The van der Waals surface area contributed by atoms with Gasteiger partial charge in [-0.3, -0.25) is 9.36 Å². The van der Waals surface area contributed by atoms with Gasteiger partial charge in [-0.05, 0) is 50.1 Å². The van der Waals surface area contributed by atoms with Gasteiger partial charge in [0.05, 0.1) is 18.6 Å². The molecular weight excluding hydrogens is 470 g/mol. The second-order valence-corrected chi connectivity index (χ2v) is 9.64. The molecule has 2 heterocycles. The lowest BCUT2D eigenvalue weighted by molar-refractivity contribution is -0.113. The zero-order valence-corrected chi connectivity index (χ0v) is 21.4. The number of aromatic nitrogens is 4. The van der Waals surface area contributed by atoms with E-state index in [1.54, 1.807) is 7.11 Å². The van der Waals surface area contributed by atoms with E-state index < -0.39 is 0 Å². The molecule has 0 aliphatic heterocycles. The van der Waals surface area contributed by atoms with Gasteiger partial charge in [-0.1, -0.05) is 53.7 Å². The predicted molar refractivity (Wildman–Crippen MR) is 145 cm³/mol. The smallest absolute Gasteiger partial charge is 0.234 e. The minimum Gasteiger partial charge on any atom is -0.497 e. The van der Waals surface area contributed by atoms with Crippen molar-refractivity contribution in [2.24, 2.45) is 0 Å². The fraction of sp³-hybridized carbons (Fsp3) is 0.179. The predicted octanol–water partition coefficient (Wildman–Crippen LogP) is 6.08. The number of hydrogen-bond donors (Lipinski definition) is 2. The number of rotatable bonds is 7. The Morgan fingerprint density at radius 2 is 1.81 bits per heavy atom. The summed E-state index contributed by atoms with van der Waals surface area (Å²) in [6.45, 7) is 6.07. The van der Waals surface area contributed by atoms with Gasteiger partial charge in [0.1, 0.15) is 5.75 Å². The SMILES string of the molecule is COc1cccc(-n2c(SCC(=O)Nc3c(C)cc(C)cc3C)nnc2-c2c[nH]c3ccccc23)c1.